The van der Waals surface area contributed by atoms with Crippen LogP contribution in [0.5, 0.6) is 0 Å². The van der Waals surface area contributed by atoms with Gasteiger partial charge < -0.3 is 10.6 Å². The van der Waals surface area contributed by atoms with E-state index in [1.807, 2.05) is 19.9 Å². The third-order valence-electron chi connectivity index (χ3n) is 2.98. The van der Waals surface area contributed by atoms with Crippen LogP contribution in [0.3, 0.4) is 0 Å². The summed E-state index contributed by atoms with van der Waals surface area (Å²) in [7, 11) is 1.79. The quantitative estimate of drug-likeness (QED) is 0.893. The van der Waals surface area contributed by atoms with Gasteiger partial charge >= 0.3 is 0 Å². The van der Waals surface area contributed by atoms with E-state index in [0.717, 1.165) is 5.56 Å². The first-order chi connectivity index (χ1) is 8.75. The van der Waals surface area contributed by atoms with Crippen LogP contribution in [0.1, 0.15) is 19.4 Å². The Bertz CT molecular complexity index is 464. The average Bonchev–Trinajstić information content (AvgIpc) is 2.33. The van der Waals surface area contributed by atoms with E-state index >= 15 is 0 Å². The van der Waals surface area contributed by atoms with Crippen molar-refractivity contribution in [3.05, 3.63) is 33.8 Å². The second kappa shape index (κ2) is 8.08. The van der Waals surface area contributed by atoms with Crippen LogP contribution in [-0.4, -0.2) is 30.9 Å². The molecule has 2 N–H and O–H groups in total. The molecule has 0 saturated carbocycles. The van der Waals surface area contributed by atoms with E-state index in [0.29, 0.717) is 29.6 Å². The lowest BCUT2D eigenvalue weighted by atomic mass is 9.93. The van der Waals surface area contributed by atoms with Crippen molar-refractivity contribution in [2.24, 2.45) is 11.1 Å². The molecule has 3 nitrogen and oxygen atoms in total. The van der Waals surface area contributed by atoms with E-state index in [4.69, 9.17) is 28.9 Å². The lowest BCUT2D eigenvalue weighted by Gasteiger charge is -2.29. The molecule has 1 aromatic rings. The number of benzene rings is 1. The highest BCUT2D eigenvalue weighted by Crippen LogP contribution is 2.23. The number of hydrogen-bond acceptors (Lipinski definition) is 2. The molecule has 0 unspecified atom stereocenters. The first-order valence-corrected chi connectivity index (χ1v) is 6.89. The molecule has 0 aliphatic heterocycles. The Morgan fingerprint density at radius 3 is 2.40 bits per heavy atom. The molecular formula is C14H21Cl3N2O. The molecule has 0 bridgehead atoms. The summed E-state index contributed by atoms with van der Waals surface area (Å²) in [6.07, 6.45) is 0.314. The second-order valence-corrected chi connectivity index (χ2v) is 6.36. The highest BCUT2D eigenvalue weighted by molar-refractivity contribution is 6.42. The van der Waals surface area contributed by atoms with E-state index < -0.39 is 0 Å². The number of nitrogens with zero attached hydrogens (tertiary/aromatic N) is 1. The van der Waals surface area contributed by atoms with Gasteiger partial charge in [-0.3, -0.25) is 4.79 Å². The zero-order valence-electron chi connectivity index (χ0n) is 12.0. The topological polar surface area (TPSA) is 46.3 Å². The Hall–Kier alpha value is -0.480. The van der Waals surface area contributed by atoms with Crippen LogP contribution in [0, 0.1) is 5.41 Å². The summed E-state index contributed by atoms with van der Waals surface area (Å²) >= 11 is 11.8. The first kappa shape index (κ1) is 19.5. The van der Waals surface area contributed by atoms with Crippen molar-refractivity contribution < 1.29 is 4.79 Å². The fourth-order valence-electron chi connectivity index (χ4n) is 1.75. The average molecular weight is 340 g/mol. The minimum atomic E-state index is -0.0813. The number of carbonyl (C=O) groups excluding carboxylic acids is 1. The number of halogens is 3. The van der Waals surface area contributed by atoms with Gasteiger partial charge in [0.25, 0.3) is 0 Å². The minimum Gasteiger partial charge on any atom is -0.345 e. The number of rotatable bonds is 5. The number of hydrogen-bond donors (Lipinski definition) is 1. The third kappa shape index (κ3) is 5.88. The van der Waals surface area contributed by atoms with Gasteiger partial charge in [0.15, 0.2) is 0 Å². The molecule has 1 aromatic carbocycles. The van der Waals surface area contributed by atoms with Gasteiger partial charge in [0, 0.05) is 13.6 Å². The van der Waals surface area contributed by atoms with Crippen LogP contribution in [0.2, 0.25) is 10.0 Å². The Morgan fingerprint density at radius 2 is 1.90 bits per heavy atom. The van der Waals surface area contributed by atoms with Crippen molar-refractivity contribution in [2.45, 2.75) is 20.3 Å². The summed E-state index contributed by atoms with van der Waals surface area (Å²) in [6, 6.07) is 5.24. The Morgan fingerprint density at radius 1 is 1.30 bits per heavy atom. The van der Waals surface area contributed by atoms with Gasteiger partial charge in [0.2, 0.25) is 5.91 Å². The minimum absolute atomic E-state index is 0. The van der Waals surface area contributed by atoms with Crippen LogP contribution >= 0.6 is 35.6 Å². The Labute approximate surface area is 136 Å². The van der Waals surface area contributed by atoms with Crippen molar-refractivity contribution in [2.75, 3.05) is 20.1 Å². The van der Waals surface area contributed by atoms with Crippen molar-refractivity contribution in [1.82, 2.24) is 4.90 Å². The van der Waals surface area contributed by atoms with E-state index in [1.165, 1.54) is 0 Å². The summed E-state index contributed by atoms with van der Waals surface area (Å²) in [5.74, 6) is 0.0416. The molecule has 0 atom stereocenters. The normalized spacial score (nSPS) is 10.9. The second-order valence-electron chi connectivity index (χ2n) is 5.54. The van der Waals surface area contributed by atoms with Gasteiger partial charge in [-0.05, 0) is 29.7 Å². The van der Waals surface area contributed by atoms with Crippen molar-refractivity contribution in [3.63, 3.8) is 0 Å². The van der Waals surface area contributed by atoms with Crippen LogP contribution in [0.15, 0.2) is 18.2 Å². The third-order valence-corrected chi connectivity index (χ3v) is 3.72. The fourth-order valence-corrected chi connectivity index (χ4v) is 2.07. The molecule has 1 amide bonds. The Balaban J connectivity index is 0.00000361. The lowest BCUT2D eigenvalue weighted by Crippen LogP contribution is -2.40. The summed E-state index contributed by atoms with van der Waals surface area (Å²) in [5.41, 5.74) is 6.45. The maximum absolute atomic E-state index is 12.1. The number of likely N-dealkylation sites (N-methyl/N-ethyl adjacent to an activating group) is 1. The molecule has 0 aliphatic rings. The summed E-state index contributed by atoms with van der Waals surface area (Å²) in [4.78, 5) is 13.8. The van der Waals surface area contributed by atoms with Crippen LogP contribution in [0.4, 0.5) is 0 Å². The lowest BCUT2D eigenvalue weighted by molar-refractivity contribution is -0.130. The molecule has 0 fully saturated rings. The zero-order valence-corrected chi connectivity index (χ0v) is 14.3. The monoisotopic (exact) mass is 338 g/mol. The van der Waals surface area contributed by atoms with Gasteiger partial charge in [0.05, 0.1) is 16.5 Å². The molecule has 0 aliphatic carbocycles. The van der Waals surface area contributed by atoms with Crippen molar-refractivity contribution in [3.8, 4) is 0 Å². The zero-order chi connectivity index (χ0) is 14.6. The van der Waals surface area contributed by atoms with Crippen LogP contribution < -0.4 is 5.73 Å². The molecular weight excluding hydrogens is 319 g/mol. The summed E-state index contributed by atoms with van der Waals surface area (Å²) < 4.78 is 0. The fraction of sp³-hybridized carbons (Fsp3) is 0.500. The smallest absolute Gasteiger partial charge is 0.226 e. The number of amides is 1. The standard InChI is InChI=1S/C14H20Cl2N2O.ClH/c1-14(2,8-17)9-18(3)13(19)7-10-4-5-11(15)12(16)6-10;/h4-6H,7-9,17H2,1-3H3;1H. The molecule has 20 heavy (non-hydrogen) atoms. The van der Waals surface area contributed by atoms with Gasteiger partial charge in [-0.15, -0.1) is 12.4 Å². The van der Waals surface area contributed by atoms with E-state index in [2.05, 4.69) is 0 Å². The molecule has 0 heterocycles. The molecule has 0 radical (unpaired) electrons. The molecule has 1 rings (SSSR count). The number of nitrogens with two attached hydrogens (primary N) is 1. The van der Waals surface area contributed by atoms with Gasteiger partial charge in [-0.25, -0.2) is 0 Å². The maximum atomic E-state index is 12.1. The van der Waals surface area contributed by atoms with Gasteiger partial charge in [0.1, 0.15) is 0 Å². The largest absolute Gasteiger partial charge is 0.345 e. The summed E-state index contributed by atoms with van der Waals surface area (Å²) in [6.45, 7) is 5.24. The summed E-state index contributed by atoms with van der Waals surface area (Å²) in [5, 5.41) is 0.965. The van der Waals surface area contributed by atoms with Crippen LogP contribution in [0.25, 0.3) is 0 Å². The van der Waals surface area contributed by atoms with Gasteiger partial charge in [-0.2, -0.15) is 0 Å². The maximum Gasteiger partial charge on any atom is 0.226 e. The van der Waals surface area contributed by atoms with Crippen LogP contribution in [-0.2, 0) is 11.2 Å². The van der Waals surface area contributed by atoms with E-state index in [-0.39, 0.29) is 23.7 Å². The predicted molar refractivity (Wildman–Crippen MR) is 87.9 cm³/mol. The Kier molecular flexibility index (Phi) is 7.89. The van der Waals surface area contributed by atoms with Crippen molar-refractivity contribution >= 4 is 41.5 Å². The molecule has 0 spiro atoms. The predicted octanol–water partition coefficient (Wildman–Crippen LogP) is 3.40. The molecule has 114 valence electrons. The highest BCUT2D eigenvalue weighted by Gasteiger charge is 2.21. The van der Waals surface area contributed by atoms with Gasteiger partial charge in [-0.1, -0.05) is 43.1 Å². The van der Waals surface area contributed by atoms with E-state index in [1.54, 1.807) is 24.1 Å². The molecule has 0 saturated heterocycles. The molecule has 6 heteroatoms. The number of carbonyl (C=O) groups is 1. The molecule has 0 aromatic heterocycles. The SMILES string of the molecule is CN(CC(C)(C)CN)C(=O)Cc1ccc(Cl)c(Cl)c1.Cl. The van der Waals surface area contributed by atoms with Crippen molar-refractivity contribution in [1.29, 1.82) is 0 Å². The van der Waals surface area contributed by atoms with E-state index in [9.17, 15) is 4.79 Å². The first-order valence-electron chi connectivity index (χ1n) is 6.13. The highest BCUT2D eigenvalue weighted by atomic mass is 35.5.